The molecule has 0 bridgehead atoms. The number of pyridine rings is 1. The number of aromatic amines is 1. The fourth-order valence-corrected chi connectivity index (χ4v) is 5.47. The van der Waals surface area contributed by atoms with Crippen LogP contribution in [0.1, 0.15) is 72.8 Å². The quantitative estimate of drug-likeness (QED) is 0.501. The SMILES string of the molecule is Nc1cc(OC(F)(F)F)ccc1C(=O)N1CCC(n2c(=O)[nH]c3ncc(C4CCCCC4)cc32)CC1. The average Bonchev–Trinajstić information content (AvgIpc) is 3.18. The van der Waals surface area contributed by atoms with E-state index in [9.17, 15) is 22.8 Å². The number of halogens is 3. The molecule has 1 amide bonds. The largest absolute Gasteiger partial charge is 0.573 e. The van der Waals surface area contributed by atoms with Crippen LogP contribution in [0.2, 0.25) is 0 Å². The highest BCUT2D eigenvalue weighted by Crippen LogP contribution is 2.34. The average molecular weight is 504 g/mol. The molecule has 2 fully saturated rings. The molecule has 2 aromatic heterocycles. The van der Waals surface area contributed by atoms with Gasteiger partial charge in [0.15, 0.2) is 5.65 Å². The first-order valence-electron chi connectivity index (χ1n) is 12.2. The topological polar surface area (TPSA) is 106 Å². The minimum absolute atomic E-state index is 0.0851. The summed E-state index contributed by atoms with van der Waals surface area (Å²) in [5.74, 6) is -0.376. The number of alkyl halides is 3. The van der Waals surface area contributed by atoms with Gasteiger partial charge < -0.3 is 15.4 Å². The molecule has 0 unspecified atom stereocenters. The maximum atomic E-state index is 13.0. The van der Waals surface area contributed by atoms with Crippen molar-refractivity contribution >= 4 is 22.8 Å². The van der Waals surface area contributed by atoms with E-state index < -0.39 is 12.1 Å². The Balaban J connectivity index is 1.30. The Bertz CT molecular complexity index is 1320. The number of nitrogens with zero attached hydrogens (tertiary/aromatic N) is 3. The Kier molecular flexibility index (Phi) is 6.40. The number of piperidine rings is 1. The third-order valence-electron chi connectivity index (χ3n) is 7.27. The minimum Gasteiger partial charge on any atom is -0.406 e. The Hall–Kier alpha value is -3.50. The highest BCUT2D eigenvalue weighted by molar-refractivity contribution is 5.99. The molecule has 1 aromatic carbocycles. The molecule has 36 heavy (non-hydrogen) atoms. The van der Waals surface area contributed by atoms with Crippen LogP contribution in [-0.2, 0) is 0 Å². The van der Waals surface area contributed by atoms with Crippen LogP contribution >= 0.6 is 0 Å². The molecule has 8 nitrogen and oxygen atoms in total. The second-order valence-corrected chi connectivity index (χ2v) is 9.59. The maximum absolute atomic E-state index is 13.0. The molecule has 0 spiro atoms. The zero-order chi connectivity index (χ0) is 25.4. The molecular formula is C25H28F3N5O3. The molecule has 3 N–H and O–H groups in total. The van der Waals surface area contributed by atoms with E-state index in [1.165, 1.54) is 25.3 Å². The molecule has 1 aliphatic heterocycles. The number of aromatic nitrogens is 3. The summed E-state index contributed by atoms with van der Waals surface area (Å²) in [6.07, 6.45) is 4.08. The molecular weight excluding hydrogens is 475 g/mol. The van der Waals surface area contributed by atoms with Crippen molar-refractivity contribution in [1.82, 2.24) is 19.4 Å². The third-order valence-corrected chi connectivity index (χ3v) is 7.27. The van der Waals surface area contributed by atoms with Crippen LogP contribution < -0.4 is 16.2 Å². The predicted octanol–water partition coefficient (Wildman–Crippen LogP) is 4.73. The van der Waals surface area contributed by atoms with Gasteiger partial charge in [-0.3, -0.25) is 14.3 Å². The number of carbonyl (C=O) groups is 1. The number of nitrogen functional groups attached to an aromatic ring is 1. The summed E-state index contributed by atoms with van der Waals surface area (Å²) in [5, 5.41) is 0. The van der Waals surface area contributed by atoms with Gasteiger partial charge in [-0.05, 0) is 55.4 Å². The van der Waals surface area contributed by atoms with Crippen molar-refractivity contribution in [3.05, 3.63) is 52.1 Å². The number of rotatable bonds is 4. The second-order valence-electron chi connectivity index (χ2n) is 9.59. The molecule has 5 rings (SSSR count). The van der Waals surface area contributed by atoms with Crippen molar-refractivity contribution in [2.45, 2.75) is 63.3 Å². The Morgan fingerprint density at radius 3 is 2.47 bits per heavy atom. The molecule has 0 atom stereocenters. The Morgan fingerprint density at radius 1 is 1.08 bits per heavy atom. The highest BCUT2D eigenvalue weighted by Gasteiger charge is 2.32. The molecule has 1 saturated heterocycles. The molecule has 0 radical (unpaired) electrons. The Morgan fingerprint density at radius 2 is 1.81 bits per heavy atom. The highest BCUT2D eigenvalue weighted by atomic mass is 19.4. The van der Waals surface area contributed by atoms with Crippen LogP contribution in [0.15, 0.2) is 35.3 Å². The van der Waals surface area contributed by atoms with Crippen LogP contribution in [0.3, 0.4) is 0 Å². The third kappa shape index (κ3) is 4.91. The first-order chi connectivity index (χ1) is 17.2. The van der Waals surface area contributed by atoms with E-state index in [1.54, 1.807) is 9.47 Å². The summed E-state index contributed by atoms with van der Waals surface area (Å²) in [7, 11) is 0. The van der Waals surface area contributed by atoms with Crippen molar-refractivity contribution in [2.24, 2.45) is 0 Å². The summed E-state index contributed by atoms with van der Waals surface area (Å²) in [5.41, 5.74) is 8.19. The van der Waals surface area contributed by atoms with Crippen LogP contribution in [0.5, 0.6) is 5.75 Å². The van der Waals surface area contributed by atoms with Crippen molar-refractivity contribution in [3.63, 3.8) is 0 Å². The first-order valence-corrected chi connectivity index (χ1v) is 12.2. The summed E-state index contributed by atoms with van der Waals surface area (Å²) in [4.78, 5) is 34.8. The van der Waals surface area contributed by atoms with Gasteiger partial charge >= 0.3 is 12.1 Å². The number of hydrogen-bond donors (Lipinski definition) is 2. The van der Waals surface area contributed by atoms with Crippen molar-refractivity contribution in [1.29, 1.82) is 0 Å². The van der Waals surface area contributed by atoms with Crippen molar-refractivity contribution < 1.29 is 22.7 Å². The molecule has 1 saturated carbocycles. The standard InChI is InChI=1S/C25H28F3N5O3/c26-25(27,28)36-18-6-7-19(20(29)13-18)23(34)32-10-8-17(9-11-32)33-21-12-16(15-4-2-1-3-5-15)14-30-22(21)31-24(33)35/h6-7,12-15,17H,1-5,8-11,29H2,(H,30,31,35). The number of benzene rings is 1. The van der Waals surface area contributed by atoms with E-state index in [0.717, 1.165) is 36.1 Å². The predicted molar refractivity (Wildman–Crippen MR) is 128 cm³/mol. The van der Waals surface area contributed by atoms with Gasteiger partial charge in [-0.2, -0.15) is 0 Å². The van der Waals surface area contributed by atoms with Crippen LogP contribution in [0.25, 0.3) is 11.2 Å². The summed E-state index contributed by atoms with van der Waals surface area (Å²) in [6.45, 7) is 0.775. The van der Waals surface area contributed by atoms with E-state index in [-0.39, 0.29) is 28.9 Å². The lowest BCUT2D eigenvalue weighted by molar-refractivity contribution is -0.274. The van der Waals surface area contributed by atoms with Gasteiger partial charge in [-0.15, -0.1) is 13.2 Å². The van der Waals surface area contributed by atoms with Crippen LogP contribution in [0, 0.1) is 0 Å². The number of imidazole rings is 1. The number of hydrogen-bond acceptors (Lipinski definition) is 5. The van der Waals surface area contributed by atoms with Gasteiger partial charge in [0.05, 0.1) is 11.1 Å². The smallest absolute Gasteiger partial charge is 0.406 e. The number of likely N-dealkylation sites (tertiary alicyclic amines) is 1. The fraction of sp³-hybridized carbons (Fsp3) is 0.480. The zero-order valence-corrected chi connectivity index (χ0v) is 19.7. The number of carbonyl (C=O) groups excluding carboxylic acids is 1. The van der Waals surface area contributed by atoms with E-state index in [1.807, 2.05) is 6.20 Å². The van der Waals surface area contributed by atoms with Crippen LogP contribution in [-0.4, -0.2) is 44.8 Å². The van der Waals surface area contributed by atoms with E-state index in [4.69, 9.17) is 5.73 Å². The normalized spacial score (nSPS) is 18.0. The number of amides is 1. The number of nitrogens with two attached hydrogens (primary N) is 1. The molecule has 2 aliphatic rings. The number of nitrogens with one attached hydrogen (secondary N) is 1. The van der Waals surface area contributed by atoms with Gasteiger partial charge in [0, 0.05) is 37.1 Å². The first kappa shape index (κ1) is 24.2. The van der Waals surface area contributed by atoms with E-state index in [2.05, 4.69) is 20.8 Å². The van der Waals surface area contributed by atoms with E-state index >= 15 is 0 Å². The second kappa shape index (κ2) is 9.51. The Labute approximate surface area is 205 Å². The number of H-pyrrole nitrogens is 1. The number of anilines is 1. The van der Waals surface area contributed by atoms with Gasteiger partial charge in [-0.1, -0.05) is 19.3 Å². The molecule has 3 aromatic rings. The van der Waals surface area contributed by atoms with Gasteiger partial charge in [0.25, 0.3) is 5.91 Å². The summed E-state index contributed by atoms with van der Waals surface area (Å²) in [6, 6.07) is 5.30. The summed E-state index contributed by atoms with van der Waals surface area (Å²) < 4.78 is 43.0. The zero-order valence-electron chi connectivity index (χ0n) is 19.7. The van der Waals surface area contributed by atoms with Crippen molar-refractivity contribution in [3.8, 4) is 5.75 Å². The monoisotopic (exact) mass is 503 g/mol. The number of ether oxygens (including phenoxy) is 1. The van der Waals surface area contributed by atoms with Gasteiger partial charge in [0.2, 0.25) is 0 Å². The van der Waals surface area contributed by atoms with E-state index in [0.29, 0.717) is 37.5 Å². The number of fused-ring (bicyclic) bond motifs is 1. The molecule has 11 heteroatoms. The minimum atomic E-state index is -4.84. The lowest BCUT2D eigenvalue weighted by Crippen LogP contribution is -2.40. The lowest BCUT2D eigenvalue weighted by atomic mass is 9.85. The van der Waals surface area contributed by atoms with Crippen molar-refractivity contribution in [2.75, 3.05) is 18.8 Å². The van der Waals surface area contributed by atoms with Crippen LogP contribution in [0.4, 0.5) is 18.9 Å². The maximum Gasteiger partial charge on any atom is 0.573 e. The molecule has 3 heterocycles. The molecule has 192 valence electrons. The molecule has 1 aliphatic carbocycles. The lowest BCUT2D eigenvalue weighted by Gasteiger charge is -2.33. The van der Waals surface area contributed by atoms with Gasteiger partial charge in [0.1, 0.15) is 5.75 Å². The summed E-state index contributed by atoms with van der Waals surface area (Å²) >= 11 is 0. The fourth-order valence-electron chi connectivity index (χ4n) is 5.47. The van der Waals surface area contributed by atoms with Gasteiger partial charge in [-0.25, -0.2) is 9.78 Å².